The summed E-state index contributed by atoms with van der Waals surface area (Å²) in [5.74, 6) is 0.667. The molecule has 0 bridgehead atoms. The Balaban J connectivity index is 2.16. The highest BCUT2D eigenvalue weighted by Crippen LogP contribution is 2.16. The summed E-state index contributed by atoms with van der Waals surface area (Å²) < 4.78 is 26.1. The highest BCUT2D eigenvalue weighted by Gasteiger charge is 2.17. The minimum atomic E-state index is -3.23. The summed E-state index contributed by atoms with van der Waals surface area (Å²) >= 11 is 0. The topological polar surface area (TPSA) is 90.5 Å². The number of piperidine rings is 1. The SMILES string of the molecule is CN(C)C(=O)NCCNS(=O)(=O)CCC1CCNCC1. The molecule has 0 aromatic carbocycles. The van der Waals surface area contributed by atoms with E-state index in [1.54, 1.807) is 14.1 Å². The minimum absolute atomic E-state index is 0.166. The summed E-state index contributed by atoms with van der Waals surface area (Å²) in [6.07, 6.45) is 2.81. The molecule has 1 aliphatic rings. The lowest BCUT2D eigenvalue weighted by Gasteiger charge is -2.22. The van der Waals surface area contributed by atoms with E-state index in [2.05, 4.69) is 15.4 Å². The van der Waals surface area contributed by atoms with Crippen LogP contribution in [0.3, 0.4) is 0 Å². The largest absolute Gasteiger partial charge is 0.337 e. The fourth-order valence-electron chi connectivity index (χ4n) is 2.10. The molecule has 7 nitrogen and oxygen atoms in total. The Morgan fingerprint density at radius 2 is 1.90 bits per heavy atom. The molecule has 0 atom stereocenters. The number of nitrogens with zero attached hydrogens (tertiary/aromatic N) is 1. The predicted octanol–water partition coefficient (Wildman–Crippen LogP) is -0.433. The van der Waals surface area contributed by atoms with E-state index in [1.807, 2.05) is 0 Å². The molecular formula is C12H26N4O3S. The van der Waals surface area contributed by atoms with E-state index in [9.17, 15) is 13.2 Å². The lowest BCUT2D eigenvalue weighted by Crippen LogP contribution is -2.40. The van der Waals surface area contributed by atoms with Crippen LogP contribution in [0, 0.1) is 5.92 Å². The predicted molar refractivity (Wildman–Crippen MR) is 79.1 cm³/mol. The number of urea groups is 1. The van der Waals surface area contributed by atoms with Gasteiger partial charge in [0.25, 0.3) is 0 Å². The van der Waals surface area contributed by atoms with Crippen molar-refractivity contribution in [1.29, 1.82) is 0 Å². The number of hydrogen-bond acceptors (Lipinski definition) is 4. The fourth-order valence-corrected chi connectivity index (χ4v) is 3.30. The van der Waals surface area contributed by atoms with Gasteiger partial charge < -0.3 is 15.5 Å². The molecule has 1 saturated heterocycles. The Kier molecular flexibility index (Phi) is 7.25. The lowest BCUT2D eigenvalue weighted by molar-refractivity contribution is 0.217. The number of hydrogen-bond donors (Lipinski definition) is 3. The van der Waals surface area contributed by atoms with E-state index in [1.165, 1.54) is 4.90 Å². The fraction of sp³-hybridized carbons (Fsp3) is 0.917. The standard InChI is InChI=1S/C12H26N4O3S/c1-16(2)12(17)14-8-9-15-20(18,19)10-5-11-3-6-13-7-4-11/h11,13,15H,3-10H2,1-2H3,(H,14,17). The van der Waals surface area contributed by atoms with Crippen LogP contribution in [-0.4, -0.2) is 65.4 Å². The van der Waals surface area contributed by atoms with Gasteiger partial charge in [-0.3, -0.25) is 0 Å². The van der Waals surface area contributed by atoms with Gasteiger partial charge in [-0.1, -0.05) is 0 Å². The molecule has 1 aliphatic heterocycles. The first-order valence-corrected chi connectivity index (χ1v) is 8.69. The molecule has 0 radical (unpaired) electrons. The molecule has 0 unspecified atom stereocenters. The van der Waals surface area contributed by atoms with Gasteiger partial charge in [-0.15, -0.1) is 0 Å². The molecule has 1 rings (SSSR count). The number of carbonyl (C=O) groups is 1. The molecule has 0 aromatic rings. The van der Waals surface area contributed by atoms with Crippen LogP contribution < -0.4 is 15.4 Å². The number of rotatable bonds is 7. The zero-order valence-electron chi connectivity index (χ0n) is 12.3. The van der Waals surface area contributed by atoms with Crippen molar-refractivity contribution in [3.63, 3.8) is 0 Å². The van der Waals surface area contributed by atoms with Crippen LogP contribution >= 0.6 is 0 Å². The van der Waals surface area contributed by atoms with E-state index in [-0.39, 0.29) is 18.3 Å². The third kappa shape index (κ3) is 7.06. The summed E-state index contributed by atoms with van der Waals surface area (Å²) in [5.41, 5.74) is 0. The zero-order chi connectivity index (χ0) is 15.0. The van der Waals surface area contributed by atoms with Gasteiger partial charge in [0.1, 0.15) is 0 Å². The van der Waals surface area contributed by atoms with Gasteiger partial charge in [0.15, 0.2) is 0 Å². The van der Waals surface area contributed by atoms with Crippen LogP contribution in [-0.2, 0) is 10.0 Å². The Bertz CT molecular complexity index is 392. The maximum atomic E-state index is 11.8. The molecule has 8 heteroatoms. The number of carbonyl (C=O) groups excluding carboxylic acids is 1. The van der Waals surface area contributed by atoms with Gasteiger partial charge in [0.2, 0.25) is 10.0 Å². The number of nitrogens with one attached hydrogen (secondary N) is 3. The van der Waals surface area contributed by atoms with Crippen molar-refractivity contribution in [1.82, 2.24) is 20.3 Å². The molecule has 0 spiro atoms. The normalized spacial score (nSPS) is 16.9. The number of sulfonamides is 1. The summed E-state index contributed by atoms with van der Waals surface area (Å²) in [5, 5.41) is 5.88. The van der Waals surface area contributed by atoms with E-state index in [0.717, 1.165) is 25.9 Å². The van der Waals surface area contributed by atoms with Crippen LogP contribution in [0.5, 0.6) is 0 Å². The molecule has 0 aliphatic carbocycles. The summed E-state index contributed by atoms with van der Waals surface area (Å²) in [4.78, 5) is 12.6. The zero-order valence-corrected chi connectivity index (χ0v) is 13.1. The Morgan fingerprint density at radius 3 is 2.50 bits per heavy atom. The maximum absolute atomic E-state index is 11.8. The summed E-state index contributed by atoms with van der Waals surface area (Å²) in [7, 11) is 0.0404. The summed E-state index contributed by atoms with van der Waals surface area (Å²) in [6.45, 7) is 2.49. The van der Waals surface area contributed by atoms with Crippen molar-refractivity contribution in [2.45, 2.75) is 19.3 Å². The minimum Gasteiger partial charge on any atom is -0.337 e. The molecule has 2 amide bonds. The smallest absolute Gasteiger partial charge is 0.316 e. The maximum Gasteiger partial charge on any atom is 0.316 e. The Hall–Kier alpha value is -0.860. The third-order valence-electron chi connectivity index (χ3n) is 3.38. The van der Waals surface area contributed by atoms with Crippen LogP contribution in [0.15, 0.2) is 0 Å². The highest BCUT2D eigenvalue weighted by molar-refractivity contribution is 7.89. The molecule has 1 fully saturated rings. The van der Waals surface area contributed by atoms with Crippen molar-refractivity contribution in [3.05, 3.63) is 0 Å². The molecule has 20 heavy (non-hydrogen) atoms. The van der Waals surface area contributed by atoms with Gasteiger partial charge in [-0.25, -0.2) is 17.9 Å². The lowest BCUT2D eigenvalue weighted by atomic mass is 9.96. The van der Waals surface area contributed by atoms with Crippen molar-refractivity contribution in [2.75, 3.05) is 46.0 Å². The Labute approximate surface area is 121 Å². The van der Waals surface area contributed by atoms with E-state index in [4.69, 9.17) is 0 Å². The second kappa shape index (κ2) is 8.43. The molecule has 1 heterocycles. The molecule has 0 saturated carbocycles. The van der Waals surface area contributed by atoms with Gasteiger partial charge in [0, 0.05) is 27.2 Å². The molecule has 0 aromatic heterocycles. The second-order valence-electron chi connectivity index (χ2n) is 5.32. The third-order valence-corrected chi connectivity index (χ3v) is 4.80. The quantitative estimate of drug-likeness (QED) is 0.557. The molecule has 118 valence electrons. The van der Waals surface area contributed by atoms with Crippen LogP contribution in [0.2, 0.25) is 0 Å². The van der Waals surface area contributed by atoms with Crippen molar-refractivity contribution in [2.24, 2.45) is 5.92 Å². The first-order chi connectivity index (χ1) is 9.41. The highest BCUT2D eigenvalue weighted by atomic mass is 32.2. The van der Waals surface area contributed by atoms with E-state index < -0.39 is 10.0 Å². The summed E-state index contributed by atoms with van der Waals surface area (Å²) in [6, 6.07) is -0.223. The van der Waals surface area contributed by atoms with Crippen LogP contribution in [0.1, 0.15) is 19.3 Å². The Morgan fingerprint density at radius 1 is 1.25 bits per heavy atom. The van der Waals surface area contributed by atoms with Gasteiger partial charge in [0.05, 0.1) is 5.75 Å². The van der Waals surface area contributed by atoms with Crippen molar-refractivity contribution >= 4 is 16.1 Å². The van der Waals surface area contributed by atoms with Crippen LogP contribution in [0.25, 0.3) is 0 Å². The molecular weight excluding hydrogens is 280 g/mol. The van der Waals surface area contributed by atoms with E-state index >= 15 is 0 Å². The number of amides is 2. The van der Waals surface area contributed by atoms with Gasteiger partial charge in [-0.05, 0) is 38.3 Å². The van der Waals surface area contributed by atoms with Crippen molar-refractivity contribution < 1.29 is 13.2 Å². The van der Waals surface area contributed by atoms with Crippen molar-refractivity contribution in [3.8, 4) is 0 Å². The van der Waals surface area contributed by atoms with Gasteiger partial charge in [-0.2, -0.15) is 0 Å². The average molecular weight is 306 g/mol. The average Bonchev–Trinajstić information content (AvgIpc) is 2.42. The first-order valence-electron chi connectivity index (χ1n) is 7.04. The second-order valence-corrected chi connectivity index (χ2v) is 7.25. The monoisotopic (exact) mass is 306 g/mol. The van der Waals surface area contributed by atoms with E-state index in [0.29, 0.717) is 18.9 Å². The van der Waals surface area contributed by atoms with Crippen LogP contribution in [0.4, 0.5) is 4.79 Å². The van der Waals surface area contributed by atoms with Gasteiger partial charge >= 0.3 is 6.03 Å². The molecule has 3 N–H and O–H groups in total. The first kappa shape index (κ1) is 17.2.